The minimum absolute atomic E-state index is 0.0215. The van der Waals surface area contributed by atoms with E-state index in [1.807, 2.05) is 39.8 Å². The third-order valence-corrected chi connectivity index (χ3v) is 4.34. The Morgan fingerprint density at radius 2 is 1.78 bits per heavy atom. The van der Waals surface area contributed by atoms with Gasteiger partial charge < -0.3 is 0 Å². The maximum absolute atomic E-state index is 12.0. The van der Waals surface area contributed by atoms with Crippen LogP contribution in [0, 0.1) is 19.8 Å². The van der Waals surface area contributed by atoms with E-state index in [0.717, 1.165) is 12.0 Å². The quantitative estimate of drug-likeness (QED) is 0.792. The molecule has 0 radical (unpaired) electrons. The fourth-order valence-electron chi connectivity index (χ4n) is 1.92. The lowest BCUT2D eigenvalue weighted by atomic mass is 10.1. The minimum Gasteiger partial charge on any atom is -0.298 e. The largest absolute Gasteiger partial charge is 0.298 e. The van der Waals surface area contributed by atoms with E-state index >= 15 is 0 Å². The Balaban J connectivity index is 2.62. The molecule has 0 saturated heterocycles. The van der Waals surface area contributed by atoms with Gasteiger partial charge in [-0.15, -0.1) is 0 Å². The van der Waals surface area contributed by atoms with Gasteiger partial charge in [0, 0.05) is 22.5 Å². The van der Waals surface area contributed by atoms with Gasteiger partial charge in [-0.1, -0.05) is 43.2 Å². The highest BCUT2D eigenvalue weighted by Gasteiger charge is 2.14. The van der Waals surface area contributed by atoms with Gasteiger partial charge in [0.2, 0.25) is 0 Å². The van der Waals surface area contributed by atoms with Crippen LogP contribution in [0.15, 0.2) is 18.2 Å². The van der Waals surface area contributed by atoms with Crippen molar-refractivity contribution in [1.29, 1.82) is 0 Å². The van der Waals surface area contributed by atoms with Crippen molar-refractivity contribution in [2.24, 2.45) is 5.92 Å². The molecule has 2 atom stereocenters. The lowest BCUT2D eigenvalue weighted by Gasteiger charge is -2.08. The fourth-order valence-corrected chi connectivity index (χ4v) is 3.16. The number of carbonyl (C=O) groups excluding carboxylic acids is 1. The van der Waals surface area contributed by atoms with Crippen LogP contribution in [0.3, 0.4) is 0 Å². The molecule has 1 rings (SSSR count). The second kappa shape index (κ2) is 6.83. The molecule has 0 aliphatic rings. The molecule has 0 amide bonds. The van der Waals surface area contributed by atoms with Crippen molar-refractivity contribution in [3.8, 4) is 0 Å². The maximum Gasteiger partial charge on any atom is 0.148 e. The van der Waals surface area contributed by atoms with Crippen molar-refractivity contribution in [3.63, 3.8) is 0 Å². The van der Waals surface area contributed by atoms with Gasteiger partial charge in [-0.25, -0.2) is 0 Å². The van der Waals surface area contributed by atoms with E-state index < -0.39 is 10.8 Å². The molecule has 0 aliphatic carbocycles. The molecule has 18 heavy (non-hydrogen) atoms. The summed E-state index contributed by atoms with van der Waals surface area (Å²) < 4.78 is 12.0. The zero-order valence-electron chi connectivity index (χ0n) is 11.7. The smallest absolute Gasteiger partial charge is 0.148 e. The van der Waals surface area contributed by atoms with Crippen molar-refractivity contribution in [1.82, 2.24) is 0 Å². The molecule has 0 N–H and O–H groups in total. The van der Waals surface area contributed by atoms with E-state index in [1.54, 1.807) is 0 Å². The SMILES string of the molecule is CCC(C)C(=O)CS(=O)Cc1cc(C)cc(C)c1. The number of benzene rings is 1. The Kier molecular flexibility index (Phi) is 5.73. The summed E-state index contributed by atoms with van der Waals surface area (Å²) in [7, 11) is -1.09. The van der Waals surface area contributed by atoms with Crippen LogP contribution in [0.4, 0.5) is 0 Å². The summed E-state index contributed by atoms with van der Waals surface area (Å²) in [5.74, 6) is 0.792. The van der Waals surface area contributed by atoms with Gasteiger partial charge in [0.05, 0.1) is 5.75 Å². The molecule has 0 bridgehead atoms. The molecular weight excluding hydrogens is 244 g/mol. The number of hydrogen-bond acceptors (Lipinski definition) is 2. The highest BCUT2D eigenvalue weighted by atomic mass is 32.2. The molecular formula is C15H22O2S. The summed E-state index contributed by atoms with van der Waals surface area (Å²) >= 11 is 0. The van der Waals surface area contributed by atoms with Crippen molar-refractivity contribution in [3.05, 3.63) is 34.9 Å². The highest BCUT2D eigenvalue weighted by Crippen LogP contribution is 2.12. The van der Waals surface area contributed by atoms with Gasteiger partial charge in [0.1, 0.15) is 5.78 Å². The third kappa shape index (κ3) is 4.73. The van der Waals surface area contributed by atoms with Crippen molar-refractivity contribution < 1.29 is 9.00 Å². The average molecular weight is 266 g/mol. The monoisotopic (exact) mass is 266 g/mol. The summed E-state index contributed by atoms with van der Waals surface area (Å²) in [4.78, 5) is 11.7. The molecule has 0 aromatic heterocycles. The van der Waals surface area contributed by atoms with Gasteiger partial charge in [-0.3, -0.25) is 9.00 Å². The van der Waals surface area contributed by atoms with Crippen LogP contribution >= 0.6 is 0 Å². The molecule has 2 unspecified atom stereocenters. The molecule has 0 fully saturated rings. The summed E-state index contributed by atoms with van der Waals surface area (Å²) in [5, 5.41) is 0. The number of carbonyl (C=O) groups is 1. The molecule has 3 heteroatoms. The first-order valence-electron chi connectivity index (χ1n) is 6.37. The van der Waals surface area contributed by atoms with Crippen LogP contribution in [0.25, 0.3) is 0 Å². The Morgan fingerprint density at radius 3 is 2.28 bits per heavy atom. The van der Waals surface area contributed by atoms with Crippen LogP contribution < -0.4 is 0 Å². The molecule has 1 aromatic rings. The summed E-state index contributed by atoms with van der Waals surface area (Å²) in [6.07, 6.45) is 0.819. The minimum atomic E-state index is -1.09. The number of Topliss-reactive ketones (excluding diaryl/α,β-unsaturated/α-hetero) is 1. The molecule has 1 aromatic carbocycles. The van der Waals surface area contributed by atoms with Crippen molar-refractivity contribution >= 4 is 16.6 Å². The van der Waals surface area contributed by atoms with E-state index in [0.29, 0.717) is 5.75 Å². The lowest BCUT2D eigenvalue weighted by molar-refractivity contribution is -0.119. The molecule has 0 heterocycles. The lowest BCUT2D eigenvalue weighted by Crippen LogP contribution is -2.18. The standard InChI is InChI=1S/C15H22O2S/c1-5-13(4)15(16)10-18(17)9-14-7-11(2)6-12(3)8-14/h6-8,13H,5,9-10H2,1-4H3. The number of aryl methyl sites for hydroxylation is 2. The third-order valence-electron chi connectivity index (χ3n) is 3.07. The first-order chi connectivity index (χ1) is 8.42. The first kappa shape index (κ1) is 15.1. The maximum atomic E-state index is 12.0. The second-order valence-corrected chi connectivity index (χ2v) is 6.46. The topological polar surface area (TPSA) is 34.1 Å². The van der Waals surface area contributed by atoms with Crippen LogP contribution in [0.1, 0.15) is 37.0 Å². The molecule has 0 saturated carbocycles. The molecule has 0 spiro atoms. The zero-order valence-corrected chi connectivity index (χ0v) is 12.5. The van der Waals surface area contributed by atoms with Gasteiger partial charge in [0.15, 0.2) is 0 Å². The average Bonchev–Trinajstić information content (AvgIpc) is 2.25. The molecule has 100 valence electrons. The summed E-state index contributed by atoms with van der Waals surface area (Å²) in [5.41, 5.74) is 3.41. The van der Waals surface area contributed by atoms with Crippen LogP contribution in [-0.2, 0) is 21.3 Å². The van der Waals surface area contributed by atoms with Gasteiger partial charge in [-0.05, 0) is 25.8 Å². The van der Waals surface area contributed by atoms with Crippen molar-refractivity contribution in [2.75, 3.05) is 5.75 Å². The second-order valence-electron chi connectivity index (χ2n) is 5.00. The molecule has 0 aliphatic heterocycles. The number of hydrogen-bond donors (Lipinski definition) is 0. The van der Waals surface area contributed by atoms with Crippen LogP contribution in [-0.4, -0.2) is 15.7 Å². The van der Waals surface area contributed by atoms with Gasteiger partial charge in [-0.2, -0.15) is 0 Å². The Bertz CT molecular complexity index is 432. The number of rotatable bonds is 6. The zero-order chi connectivity index (χ0) is 13.7. The van der Waals surface area contributed by atoms with E-state index in [9.17, 15) is 9.00 Å². The highest BCUT2D eigenvalue weighted by molar-refractivity contribution is 7.84. The van der Waals surface area contributed by atoms with E-state index in [4.69, 9.17) is 0 Å². The van der Waals surface area contributed by atoms with Crippen LogP contribution in [0.2, 0.25) is 0 Å². The Morgan fingerprint density at radius 1 is 1.22 bits per heavy atom. The summed E-state index contributed by atoms with van der Waals surface area (Å²) in [6, 6.07) is 6.17. The Labute approximate surface area is 112 Å². The first-order valence-corrected chi connectivity index (χ1v) is 7.86. The Hall–Kier alpha value is -0.960. The van der Waals surface area contributed by atoms with E-state index in [1.165, 1.54) is 11.1 Å². The van der Waals surface area contributed by atoms with E-state index in [-0.39, 0.29) is 17.5 Å². The predicted octanol–water partition coefficient (Wildman–Crippen LogP) is 3.17. The van der Waals surface area contributed by atoms with E-state index in [2.05, 4.69) is 6.07 Å². The van der Waals surface area contributed by atoms with Crippen LogP contribution in [0.5, 0.6) is 0 Å². The fraction of sp³-hybridized carbons (Fsp3) is 0.533. The van der Waals surface area contributed by atoms with Gasteiger partial charge >= 0.3 is 0 Å². The normalized spacial score (nSPS) is 14.2. The van der Waals surface area contributed by atoms with Crippen molar-refractivity contribution in [2.45, 2.75) is 39.9 Å². The number of ketones is 1. The predicted molar refractivity (Wildman–Crippen MR) is 77.1 cm³/mol. The molecule has 2 nitrogen and oxygen atoms in total. The summed E-state index contributed by atoms with van der Waals surface area (Å²) in [6.45, 7) is 7.94. The van der Waals surface area contributed by atoms with Gasteiger partial charge in [0.25, 0.3) is 0 Å².